The van der Waals surface area contributed by atoms with Crippen LogP contribution >= 0.6 is 0 Å². The molecule has 0 bridgehead atoms. The molecule has 86 valence electrons. The molecule has 0 aromatic carbocycles. The van der Waals surface area contributed by atoms with Gasteiger partial charge in [-0.25, -0.2) is 0 Å². The second kappa shape index (κ2) is 6.12. The Morgan fingerprint density at radius 2 is 1.80 bits per heavy atom. The van der Waals surface area contributed by atoms with Gasteiger partial charge in [0.25, 0.3) is 0 Å². The summed E-state index contributed by atoms with van der Waals surface area (Å²) in [7, 11) is 0. The predicted molar refractivity (Wildman–Crippen MR) is 61.1 cm³/mol. The van der Waals surface area contributed by atoms with E-state index in [-0.39, 0.29) is 12.0 Å². The Morgan fingerprint density at radius 1 is 1.20 bits per heavy atom. The highest BCUT2D eigenvalue weighted by atomic mass is 16.3. The predicted octanol–water partition coefficient (Wildman–Crippen LogP) is 3.11. The topological polar surface area (TPSA) is 44.0 Å². The summed E-state index contributed by atoms with van der Waals surface area (Å²) in [6, 6.07) is 2.29. The van der Waals surface area contributed by atoms with Crippen LogP contribution in [0.4, 0.5) is 0 Å². The highest BCUT2D eigenvalue weighted by molar-refractivity contribution is 4.81. The minimum atomic E-state index is -0.0496. The molecule has 0 aromatic heterocycles. The number of aliphatic hydroxyl groups excluding tert-OH is 1. The summed E-state index contributed by atoms with van der Waals surface area (Å²) in [6.07, 6.45) is 6.43. The van der Waals surface area contributed by atoms with Crippen molar-refractivity contribution < 1.29 is 5.11 Å². The molecule has 1 fully saturated rings. The van der Waals surface area contributed by atoms with Crippen molar-refractivity contribution in [3.63, 3.8) is 0 Å². The van der Waals surface area contributed by atoms with Crippen molar-refractivity contribution >= 4 is 0 Å². The molecule has 0 spiro atoms. The van der Waals surface area contributed by atoms with Crippen molar-refractivity contribution in [2.45, 2.75) is 58.5 Å². The van der Waals surface area contributed by atoms with Gasteiger partial charge >= 0.3 is 0 Å². The highest BCUT2D eigenvalue weighted by Crippen LogP contribution is 2.32. The Morgan fingerprint density at radius 3 is 2.33 bits per heavy atom. The second-order valence-electron chi connectivity index (χ2n) is 5.15. The summed E-state index contributed by atoms with van der Waals surface area (Å²) in [6.45, 7) is 4.30. The minimum Gasteiger partial charge on any atom is -0.393 e. The maximum atomic E-state index is 9.42. The van der Waals surface area contributed by atoms with Gasteiger partial charge in [-0.1, -0.05) is 6.92 Å². The highest BCUT2D eigenvalue weighted by Gasteiger charge is 2.23. The molecule has 1 N–H and O–H groups in total. The Balaban J connectivity index is 2.22. The van der Waals surface area contributed by atoms with Crippen LogP contribution in [0, 0.1) is 29.1 Å². The zero-order valence-electron chi connectivity index (χ0n) is 9.95. The molecule has 2 atom stereocenters. The molecule has 1 rings (SSSR count). The van der Waals surface area contributed by atoms with Gasteiger partial charge in [0.1, 0.15) is 0 Å². The molecule has 2 heteroatoms. The molecule has 2 unspecified atom stereocenters. The van der Waals surface area contributed by atoms with Crippen LogP contribution in [0.25, 0.3) is 0 Å². The summed E-state index contributed by atoms with van der Waals surface area (Å²) < 4.78 is 0. The average Bonchev–Trinajstić information content (AvgIpc) is 2.26. The van der Waals surface area contributed by atoms with E-state index in [4.69, 9.17) is 5.26 Å². The lowest BCUT2D eigenvalue weighted by Gasteiger charge is -2.30. The van der Waals surface area contributed by atoms with Crippen molar-refractivity contribution in [3.05, 3.63) is 0 Å². The van der Waals surface area contributed by atoms with Gasteiger partial charge in [0.2, 0.25) is 0 Å². The zero-order chi connectivity index (χ0) is 11.3. The van der Waals surface area contributed by atoms with E-state index in [1.54, 1.807) is 0 Å². The normalized spacial score (nSPS) is 30.5. The first kappa shape index (κ1) is 12.5. The van der Waals surface area contributed by atoms with Gasteiger partial charge in [0, 0.05) is 5.92 Å². The molecule has 1 saturated carbocycles. The molecule has 1 aliphatic rings. The summed E-state index contributed by atoms with van der Waals surface area (Å²) in [5, 5.41) is 18.1. The van der Waals surface area contributed by atoms with Crippen LogP contribution in [-0.4, -0.2) is 11.2 Å². The number of rotatable bonds is 4. The molecule has 1 aliphatic carbocycles. The van der Waals surface area contributed by atoms with Gasteiger partial charge in [-0.15, -0.1) is 0 Å². The summed E-state index contributed by atoms with van der Waals surface area (Å²) in [5.74, 6) is 1.69. The maximum Gasteiger partial charge on any atom is 0.0652 e. The van der Waals surface area contributed by atoms with Crippen LogP contribution in [0.3, 0.4) is 0 Å². The first-order valence-corrected chi connectivity index (χ1v) is 6.21. The van der Waals surface area contributed by atoms with Gasteiger partial charge in [-0.05, 0) is 57.3 Å². The third kappa shape index (κ3) is 4.22. The van der Waals surface area contributed by atoms with E-state index in [0.717, 1.165) is 31.6 Å². The van der Waals surface area contributed by atoms with Crippen LogP contribution < -0.4 is 0 Å². The molecule has 15 heavy (non-hydrogen) atoms. The average molecular weight is 209 g/mol. The standard InChI is InChI=1S/C13H23NO/c1-10(9-14)3-4-11(2)12-5-7-13(15)8-6-12/h10-13,15H,3-8H2,1-2H3. The lowest BCUT2D eigenvalue weighted by molar-refractivity contribution is 0.0914. The Labute approximate surface area is 93.3 Å². The lowest BCUT2D eigenvalue weighted by atomic mass is 9.77. The lowest BCUT2D eigenvalue weighted by Crippen LogP contribution is -2.23. The molecule has 2 nitrogen and oxygen atoms in total. The maximum absolute atomic E-state index is 9.42. The molecule has 0 amide bonds. The van der Waals surface area contributed by atoms with Crippen LogP contribution in [0.2, 0.25) is 0 Å². The van der Waals surface area contributed by atoms with E-state index in [9.17, 15) is 5.11 Å². The number of hydrogen-bond donors (Lipinski definition) is 1. The van der Waals surface area contributed by atoms with Crippen molar-refractivity contribution in [3.8, 4) is 6.07 Å². The fraction of sp³-hybridized carbons (Fsp3) is 0.923. The van der Waals surface area contributed by atoms with E-state index in [2.05, 4.69) is 13.0 Å². The molecular weight excluding hydrogens is 186 g/mol. The number of aliphatic hydroxyl groups is 1. The van der Waals surface area contributed by atoms with Gasteiger partial charge < -0.3 is 5.11 Å². The SMILES string of the molecule is CC(C#N)CCC(C)C1CCC(O)CC1. The summed E-state index contributed by atoms with van der Waals surface area (Å²) >= 11 is 0. The Hall–Kier alpha value is -0.550. The third-order valence-electron chi connectivity index (χ3n) is 3.82. The summed E-state index contributed by atoms with van der Waals surface area (Å²) in [5.41, 5.74) is 0. The van der Waals surface area contributed by atoms with Gasteiger partial charge in [0.05, 0.1) is 12.2 Å². The van der Waals surface area contributed by atoms with E-state index in [0.29, 0.717) is 5.92 Å². The van der Waals surface area contributed by atoms with Crippen molar-refractivity contribution in [2.24, 2.45) is 17.8 Å². The number of nitriles is 1. The Kier molecular flexibility index (Phi) is 5.11. The van der Waals surface area contributed by atoms with Gasteiger partial charge in [-0.2, -0.15) is 5.26 Å². The van der Waals surface area contributed by atoms with Crippen LogP contribution in [-0.2, 0) is 0 Å². The number of hydrogen-bond acceptors (Lipinski definition) is 2. The van der Waals surface area contributed by atoms with Crippen LogP contribution in [0.1, 0.15) is 52.4 Å². The Bertz CT molecular complexity index is 213. The summed E-state index contributed by atoms with van der Waals surface area (Å²) in [4.78, 5) is 0. The van der Waals surface area contributed by atoms with E-state index >= 15 is 0 Å². The van der Waals surface area contributed by atoms with E-state index in [1.807, 2.05) is 6.92 Å². The smallest absolute Gasteiger partial charge is 0.0652 e. The van der Waals surface area contributed by atoms with Crippen molar-refractivity contribution in [1.29, 1.82) is 5.26 Å². The fourth-order valence-electron chi connectivity index (χ4n) is 2.48. The number of nitrogens with zero attached hydrogens (tertiary/aromatic N) is 1. The van der Waals surface area contributed by atoms with E-state index in [1.165, 1.54) is 12.8 Å². The van der Waals surface area contributed by atoms with Gasteiger partial charge in [-0.3, -0.25) is 0 Å². The minimum absolute atomic E-state index is 0.0496. The second-order valence-corrected chi connectivity index (χ2v) is 5.15. The van der Waals surface area contributed by atoms with E-state index < -0.39 is 0 Å². The molecular formula is C13H23NO. The monoisotopic (exact) mass is 209 g/mol. The van der Waals surface area contributed by atoms with Crippen LogP contribution in [0.15, 0.2) is 0 Å². The van der Waals surface area contributed by atoms with Gasteiger partial charge in [0.15, 0.2) is 0 Å². The third-order valence-corrected chi connectivity index (χ3v) is 3.82. The van der Waals surface area contributed by atoms with Crippen LogP contribution in [0.5, 0.6) is 0 Å². The molecule has 0 radical (unpaired) electrons. The first-order valence-electron chi connectivity index (χ1n) is 6.21. The van der Waals surface area contributed by atoms with Crippen molar-refractivity contribution in [2.75, 3.05) is 0 Å². The molecule has 0 heterocycles. The zero-order valence-corrected chi connectivity index (χ0v) is 9.95. The van der Waals surface area contributed by atoms with Crippen molar-refractivity contribution in [1.82, 2.24) is 0 Å². The quantitative estimate of drug-likeness (QED) is 0.773. The largest absolute Gasteiger partial charge is 0.393 e. The first-order chi connectivity index (χ1) is 7.13. The molecule has 0 saturated heterocycles. The molecule has 0 aromatic rings. The molecule has 0 aliphatic heterocycles. The fourth-order valence-corrected chi connectivity index (χ4v) is 2.48.